The van der Waals surface area contributed by atoms with Gasteiger partial charge in [-0.15, -0.1) is 0 Å². The van der Waals surface area contributed by atoms with Crippen LogP contribution in [-0.2, 0) is 33.5 Å². The van der Waals surface area contributed by atoms with Crippen molar-refractivity contribution in [1.82, 2.24) is 9.97 Å². The number of pyridine rings is 2. The summed E-state index contributed by atoms with van der Waals surface area (Å²) in [5.74, 6) is -1.44. The molecule has 0 radical (unpaired) electrons. The van der Waals surface area contributed by atoms with Gasteiger partial charge >= 0.3 is 18.1 Å². The lowest BCUT2D eigenvalue weighted by atomic mass is 9.93. The Morgan fingerprint density at radius 3 is 1.52 bits per heavy atom. The summed E-state index contributed by atoms with van der Waals surface area (Å²) in [5, 5.41) is 12.4. The average molecular weight is 1040 g/mol. The molecule has 6 N–H and O–H groups in total. The van der Waals surface area contributed by atoms with Gasteiger partial charge in [-0.05, 0) is 126 Å². The highest BCUT2D eigenvalue weighted by Crippen LogP contribution is 2.45. The Kier molecular flexibility index (Phi) is 21.8. The number of benzene rings is 2. The number of anilines is 6. The molecule has 71 heavy (non-hydrogen) atoms. The van der Waals surface area contributed by atoms with Crippen molar-refractivity contribution in [3.8, 4) is 11.8 Å². The number of carboxylic acids is 1. The van der Waals surface area contributed by atoms with E-state index in [4.69, 9.17) is 58.8 Å². The summed E-state index contributed by atoms with van der Waals surface area (Å²) in [4.78, 5) is 80.5. The number of carbonyl (C=O) groups is 6. The predicted molar refractivity (Wildman–Crippen MR) is 266 cm³/mol. The maximum Gasteiger partial charge on any atom is 0.446 e. The second-order valence-corrected chi connectivity index (χ2v) is 17.8. The van der Waals surface area contributed by atoms with Crippen LogP contribution in [0.4, 0.5) is 47.6 Å². The smallest absolute Gasteiger partial charge is 0.446 e. The summed E-state index contributed by atoms with van der Waals surface area (Å²) < 4.78 is 48.3. The Morgan fingerprint density at radius 2 is 1.17 bits per heavy atom. The molecular formula is C49H62Cl2F3N7O10. The van der Waals surface area contributed by atoms with Crippen molar-refractivity contribution >= 4 is 93.5 Å². The number of nitrogens with zero attached hydrogens (tertiary/aromatic N) is 4. The Labute approximate surface area is 421 Å². The Bertz CT molecular complexity index is 2480. The number of amides is 3. The van der Waals surface area contributed by atoms with Crippen LogP contribution in [-0.4, -0.2) is 80.0 Å². The predicted octanol–water partition coefficient (Wildman–Crippen LogP) is 10.4. The maximum atomic E-state index is 13.4. The summed E-state index contributed by atoms with van der Waals surface area (Å²) in [5.41, 5.74) is 11.3. The number of hydrogen-bond acceptors (Lipinski definition) is 13. The molecule has 4 heterocycles. The molecule has 17 nitrogen and oxygen atoms in total. The number of carbonyl (C=O) groups excluding carboxylic acids is 5. The molecule has 2 aliphatic rings. The number of fused-ring (bicyclic) bond motifs is 2. The number of aliphatic carboxylic acids is 1. The number of nitrogen functional groups attached to an aromatic ring is 1. The van der Waals surface area contributed by atoms with E-state index < -0.39 is 53.2 Å². The van der Waals surface area contributed by atoms with Crippen LogP contribution in [0.2, 0.25) is 10.0 Å². The SMILES string of the molecule is C.CCC1(CC)Oc2nc(N)ccc2N(c2ccc(Cl)cc2)C1=O.CCC1(CC)Oc2nc(NC(=O)[C@H](C)N)ccc2N(c2ccc(Cl)cc2)C1=O.C[C@H](CC(=O)OC(C)(C)C)C(=O)O.O=CC(F)(F)F. The van der Waals surface area contributed by atoms with Crippen molar-refractivity contribution in [2.45, 2.75) is 131 Å². The van der Waals surface area contributed by atoms with E-state index in [0.717, 1.165) is 5.69 Å². The highest BCUT2D eigenvalue weighted by Gasteiger charge is 2.48. The van der Waals surface area contributed by atoms with E-state index in [1.165, 1.54) is 6.92 Å². The second-order valence-electron chi connectivity index (χ2n) is 16.9. The van der Waals surface area contributed by atoms with Gasteiger partial charge in [0.05, 0.1) is 18.4 Å². The van der Waals surface area contributed by atoms with Gasteiger partial charge in [0.25, 0.3) is 11.8 Å². The summed E-state index contributed by atoms with van der Waals surface area (Å²) >= 11 is 12.0. The molecule has 388 valence electrons. The highest BCUT2D eigenvalue weighted by atomic mass is 35.5. The van der Waals surface area contributed by atoms with Crippen molar-refractivity contribution in [1.29, 1.82) is 0 Å². The van der Waals surface area contributed by atoms with E-state index >= 15 is 0 Å². The fraction of sp³-hybridized carbons (Fsp3) is 0.429. The van der Waals surface area contributed by atoms with Crippen LogP contribution >= 0.6 is 23.2 Å². The van der Waals surface area contributed by atoms with Crippen LogP contribution in [0.25, 0.3) is 0 Å². The summed E-state index contributed by atoms with van der Waals surface area (Å²) in [7, 11) is 0. The number of hydrogen-bond donors (Lipinski definition) is 4. The first kappa shape index (κ1) is 60.6. The number of alkyl halides is 3. The molecule has 2 atom stereocenters. The minimum Gasteiger partial charge on any atom is -0.481 e. The van der Waals surface area contributed by atoms with Gasteiger partial charge < -0.3 is 36.1 Å². The van der Waals surface area contributed by atoms with Crippen molar-refractivity contribution in [2.75, 3.05) is 20.9 Å². The monoisotopic (exact) mass is 1040 g/mol. The van der Waals surface area contributed by atoms with E-state index in [9.17, 15) is 37.1 Å². The first-order chi connectivity index (χ1) is 32.6. The quantitative estimate of drug-likeness (QED) is 0.0806. The van der Waals surface area contributed by atoms with Crippen LogP contribution in [0.1, 0.15) is 102 Å². The summed E-state index contributed by atoms with van der Waals surface area (Å²) in [6.45, 7) is 16.0. The third-order valence-corrected chi connectivity index (χ3v) is 11.0. The van der Waals surface area contributed by atoms with E-state index in [2.05, 4.69) is 15.3 Å². The number of rotatable bonds is 11. The largest absolute Gasteiger partial charge is 0.481 e. The van der Waals surface area contributed by atoms with Crippen LogP contribution in [0.5, 0.6) is 11.8 Å². The third kappa shape index (κ3) is 16.3. The lowest BCUT2D eigenvalue weighted by molar-refractivity contribution is -0.159. The molecule has 6 rings (SSSR count). The molecular weight excluding hydrogens is 974 g/mol. The van der Waals surface area contributed by atoms with Gasteiger partial charge in [-0.25, -0.2) is 0 Å². The van der Waals surface area contributed by atoms with E-state index in [1.807, 2.05) is 39.8 Å². The van der Waals surface area contributed by atoms with Crippen molar-refractivity contribution in [2.24, 2.45) is 11.7 Å². The highest BCUT2D eigenvalue weighted by molar-refractivity contribution is 6.31. The van der Waals surface area contributed by atoms with Crippen molar-refractivity contribution < 1.29 is 61.3 Å². The van der Waals surface area contributed by atoms with E-state index in [-0.39, 0.29) is 37.4 Å². The first-order valence-electron chi connectivity index (χ1n) is 22.0. The number of nitrogens with one attached hydrogen (secondary N) is 1. The molecule has 2 aromatic heterocycles. The van der Waals surface area contributed by atoms with Gasteiger partial charge in [-0.3, -0.25) is 38.6 Å². The number of aromatic nitrogens is 2. The van der Waals surface area contributed by atoms with Crippen molar-refractivity contribution in [3.05, 3.63) is 82.8 Å². The topological polar surface area (TPSA) is 247 Å². The standard InChI is InChI=1S/C20H23ClN4O3.C17H18ClN3O2.C9H16O4.C2HF3O.CH4/c1-4-20(5-2)19(27)25(14-8-6-13(21)7-9-14)15-10-11-16(24-18(15)28-20)23-17(26)12(3)22;1-3-17(4-2)16(22)21(12-7-5-11(18)6-8-12)13-9-10-14(19)20-15(13)23-17;1-6(8(11)12)5-7(10)13-9(2,3)4;3-2(4,5)1-6;/h6-12H,4-5,22H2,1-3H3,(H,23,24,26);5-10H,3-4H2,1-2H3,(H2,19,20);6H,5H2,1-4H3,(H,11,12);1H;1H4/t12-;;6-;;/m0.1../s1. The summed E-state index contributed by atoms with van der Waals surface area (Å²) in [6, 6.07) is 20.2. The number of nitrogens with two attached hydrogens (primary N) is 2. The summed E-state index contributed by atoms with van der Waals surface area (Å²) in [6.07, 6.45) is -3.74. The van der Waals surface area contributed by atoms with Gasteiger partial charge in [-0.1, -0.05) is 65.2 Å². The number of carboxylic acid groups (broad SMARTS) is 1. The molecule has 0 unspecified atom stereocenters. The lowest BCUT2D eigenvalue weighted by Crippen LogP contribution is -2.54. The molecule has 0 bridgehead atoms. The molecule has 0 saturated carbocycles. The molecule has 22 heteroatoms. The van der Waals surface area contributed by atoms with Crippen molar-refractivity contribution in [3.63, 3.8) is 0 Å². The molecule has 2 aromatic carbocycles. The van der Waals surface area contributed by atoms with Gasteiger partial charge in [0, 0.05) is 21.4 Å². The average Bonchev–Trinajstić information content (AvgIpc) is 3.29. The molecule has 2 aliphatic heterocycles. The Morgan fingerprint density at radius 1 is 0.775 bits per heavy atom. The van der Waals surface area contributed by atoms with Crippen LogP contribution < -0.4 is 36.1 Å². The zero-order valence-corrected chi connectivity index (χ0v) is 41.7. The number of esters is 1. The van der Waals surface area contributed by atoms with E-state index in [0.29, 0.717) is 70.3 Å². The zero-order chi connectivity index (χ0) is 52.9. The maximum absolute atomic E-state index is 13.4. The number of ether oxygens (including phenoxy) is 3. The van der Waals surface area contributed by atoms with Gasteiger partial charge in [0.15, 0.2) is 11.2 Å². The van der Waals surface area contributed by atoms with Gasteiger partial charge in [-0.2, -0.15) is 23.1 Å². The van der Waals surface area contributed by atoms with Gasteiger partial charge in [0.1, 0.15) is 28.6 Å². The third-order valence-electron chi connectivity index (χ3n) is 10.5. The second kappa shape index (κ2) is 25.6. The Balaban J connectivity index is 0.000000361. The van der Waals surface area contributed by atoms with Crippen LogP contribution in [0.15, 0.2) is 72.8 Å². The molecule has 0 fully saturated rings. The molecule has 0 spiro atoms. The van der Waals surface area contributed by atoms with Gasteiger partial charge in [0.2, 0.25) is 24.0 Å². The minimum atomic E-state index is -4.64. The fourth-order valence-electron chi connectivity index (χ4n) is 6.57. The molecule has 0 aliphatic carbocycles. The van der Waals surface area contributed by atoms with E-state index in [1.54, 1.807) is 98.2 Å². The Hall–Kier alpha value is -6.51. The minimum absolute atomic E-state index is 0. The number of halogens is 5. The molecule has 3 amide bonds. The first-order valence-corrected chi connectivity index (χ1v) is 22.8. The number of aldehydes is 1. The van der Waals surface area contributed by atoms with Crippen LogP contribution in [0.3, 0.4) is 0 Å². The zero-order valence-electron chi connectivity index (χ0n) is 40.2. The van der Waals surface area contributed by atoms with Crippen LogP contribution in [0, 0.1) is 5.92 Å². The fourth-order valence-corrected chi connectivity index (χ4v) is 6.82. The molecule has 0 saturated heterocycles. The normalized spacial score (nSPS) is 15.0. The lowest BCUT2D eigenvalue weighted by Gasteiger charge is -2.41. The molecule has 4 aromatic rings.